The molecule has 108 valence electrons. The first-order chi connectivity index (χ1) is 9.58. The van der Waals surface area contributed by atoms with Crippen LogP contribution in [0.2, 0.25) is 0 Å². The van der Waals surface area contributed by atoms with E-state index >= 15 is 0 Å². The fourth-order valence-electron chi connectivity index (χ4n) is 2.11. The first-order valence-electron chi connectivity index (χ1n) is 6.48. The summed E-state index contributed by atoms with van der Waals surface area (Å²) in [6.07, 6.45) is 1.91. The average Bonchev–Trinajstić information content (AvgIpc) is 2.40. The molecule has 0 aromatic heterocycles. The molecule has 0 aliphatic heterocycles. The fourth-order valence-corrected chi connectivity index (χ4v) is 2.11. The largest absolute Gasteiger partial charge is 0.478 e. The molecule has 0 heterocycles. The molecule has 2 amide bonds. The van der Waals surface area contributed by atoms with Crippen LogP contribution in [0.1, 0.15) is 28.8 Å². The third kappa shape index (κ3) is 3.71. The zero-order valence-corrected chi connectivity index (χ0v) is 11.3. The number of carbonyl (C=O) groups excluding carboxylic acids is 1. The first-order valence-corrected chi connectivity index (χ1v) is 6.48. The molecule has 3 N–H and O–H groups in total. The molecule has 6 heteroatoms. The molecule has 0 unspecified atom stereocenters. The van der Waals surface area contributed by atoms with Crippen LogP contribution in [0.25, 0.3) is 0 Å². The zero-order valence-electron chi connectivity index (χ0n) is 11.3. The summed E-state index contributed by atoms with van der Waals surface area (Å²) in [4.78, 5) is 22.5. The Bertz CT molecular complexity index is 498. The minimum atomic E-state index is -0.976. The molecule has 0 saturated heterocycles. The van der Waals surface area contributed by atoms with Gasteiger partial charge in [0, 0.05) is 19.7 Å². The Morgan fingerprint density at radius 3 is 2.80 bits per heavy atom. The van der Waals surface area contributed by atoms with Crippen molar-refractivity contribution < 1.29 is 19.4 Å². The Morgan fingerprint density at radius 2 is 2.15 bits per heavy atom. The summed E-state index contributed by atoms with van der Waals surface area (Å²) in [5.74, 6) is -0.976. The number of carboxylic acid groups (broad SMARTS) is 1. The highest BCUT2D eigenvalue weighted by molar-refractivity contribution is 5.87. The van der Waals surface area contributed by atoms with Crippen molar-refractivity contribution >= 4 is 12.0 Å². The van der Waals surface area contributed by atoms with Crippen LogP contribution >= 0.6 is 0 Å². The SMILES string of the molecule is COC1CC(NC(=O)NCc2cccc(C(=O)O)c2)C1. The van der Waals surface area contributed by atoms with Crippen LogP contribution in [0.3, 0.4) is 0 Å². The van der Waals surface area contributed by atoms with E-state index in [4.69, 9.17) is 9.84 Å². The number of amides is 2. The molecule has 0 radical (unpaired) electrons. The molecule has 0 spiro atoms. The lowest BCUT2D eigenvalue weighted by Gasteiger charge is -2.34. The van der Waals surface area contributed by atoms with E-state index in [1.807, 2.05) is 0 Å². The van der Waals surface area contributed by atoms with Gasteiger partial charge in [-0.2, -0.15) is 0 Å². The van der Waals surface area contributed by atoms with Gasteiger partial charge in [-0.1, -0.05) is 12.1 Å². The van der Waals surface area contributed by atoms with Gasteiger partial charge < -0.3 is 20.5 Å². The summed E-state index contributed by atoms with van der Waals surface area (Å²) in [6, 6.07) is 6.42. The summed E-state index contributed by atoms with van der Waals surface area (Å²) in [5.41, 5.74) is 0.968. The van der Waals surface area contributed by atoms with E-state index in [9.17, 15) is 9.59 Å². The summed E-state index contributed by atoms with van der Waals surface area (Å²) < 4.78 is 5.14. The maximum Gasteiger partial charge on any atom is 0.335 e. The average molecular weight is 278 g/mol. The number of nitrogens with one attached hydrogen (secondary N) is 2. The number of ether oxygens (including phenoxy) is 1. The standard InChI is InChI=1S/C14H18N2O4/c1-20-12-6-11(7-12)16-14(19)15-8-9-3-2-4-10(5-9)13(17)18/h2-5,11-12H,6-8H2,1H3,(H,17,18)(H2,15,16,19). The van der Waals surface area contributed by atoms with Crippen LogP contribution in [0.15, 0.2) is 24.3 Å². The third-order valence-corrected chi connectivity index (χ3v) is 3.39. The zero-order chi connectivity index (χ0) is 14.5. The van der Waals surface area contributed by atoms with Gasteiger partial charge in [-0.3, -0.25) is 0 Å². The van der Waals surface area contributed by atoms with Gasteiger partial charge in [0.1, 0.15) is 0 Å². The minimum absolute atomic E-state index is 0.158. The summed E-state index contributed by atoms with van der Waals surface area (Å²) in [5, 5.41) is 14.4. The quantitative estimate of drug-likeness (QED) is 0.759. The molecule has 6 nitrogen and oxygen atoms in total. The van der Waals surface area contributed by atoms with E-state index in [2.05, 4.69) is 10.6 Å². The molecule has 0 atom stereocenters. The van der Waals surface area contributed by atoms with E-state index in [1.165, 1.54) is 6.07 Å². The summed E-state index contributed by atoms with van der Waals surface area (Å²) >= 11 is 0. The maximum atomic E-state index is 11.7. The number of benzene rings is 1. The van der Waals surface area contributed by atoms with E-state index in [1.54, 1.807) is 25.3 Å². The van der Waals surface area contributed by atoms with Gasteiger partial charge in [0.05, 0.1) is 11.7 Å². The molecule has 20 heavy (non-hydrogen) atoms. The third-order valence-electron chi connectivity index (χ3n) is 3.39. The van der Waals surface area contributed by atoms with Gasteiger partial charge in [-0.25, -0.2) is 9.59 Å². The second-order valence-electron chi connectivity index (χ2n) is 4.86. The topological polar surface area (TPSA) is 87.7 Å². The van der Waals surface area contributed by atoms with Crippen molar-refractivity contribution in [1.82, 2.24) is 10.6 Å². The summed E-state index contributed by atoms with van der Waals surface area (Å²) in [6.45, 7) is 0.299. The van der Waals surface area contributed by atoms with E-state index in [0.717, 1.165) is 18.4 Å². The van der Waals surface area contributed by atoms with Crippen LogP contribution in [0, 0.1) is 0 Å². The number of aromatic carboxylic acids is 1. The number of carboxylic acids is 1. The van der Waals surface area contributed by atoms with E-state index in [0.29, 0.717) is 6.54 Å². The Balaban J connectivity index is 1.76. The van der Waals surface area contributed by atoms with Crippen molar-refractivity contribution in [2.75, 3.05) is 7.11 Å². The van der Waals surface area contributed by atoms with Crippen LogP contribution in [0.4, 0.5) is 4.79 Å². The number of urea groups is 1. The number of carbonyl (C=O) groups is 2. The van der Waals surface area contributed by atoms with Crippen molar-refractivity contribution in [3.63, 3.8) is 0 Å². The van der Waals surface area contributed by atoms with Crippen molar-refractivity contribution in [2.24, 2.45) is 0 Å². The molecule has 1 aliphatic rings. The monoisotopic (exact) mass is 278 g/mol. The maximum absolute atomic E-state index is 11.7. The number of hydrogen-bond donors (Lipinski definition) is 3. The van der Waals surface area contributed by atoms with Gasteiger partial charge in [0.15, 0.2) is 0 Å². The molecule has 1 saturated carbocycles. The van der Waals surface area contributed by atoms with Crippen LogP contribution < -0.4 is 10.6 Å². The lowest BCUT2D eigenvalue weighted by molar-refractivity contribution is 0.0205. The lowest BCUT2D eigenvalue weighted by Crippen LogP contribution is -2.50. The molecule has 1 fully saturated rings. The van der Waals surface area contributed by atoms with Gasteiger partial charge >= 0.3 is 12.0 Å². The minimum Gasteiger partial charge on any atom is -0.478 e. The Kier molecular flexibility index (Phi) is 4.57. The fraction of sp³-hybridized carbons (Fsp3) is 0.429. The Hall–Kier alpha value is -2.08. The lowest BCUT2D eigenvalue weighted by atomic mass is 9.89. The van der Waals surface area contributed by atoms with E-state index < -0.39 is 5.97 Å². The highest BCUT2D eigenvalue weighted by atomic mass is 16.5. The predicted molar refractivity (Wildman–Crippen MR) is 72.6 cm³/mol. The van der Waals surface area contributed by atoms with Gasteiger partial charge in [0.25, 0.3) is 0 Å². The van der Waals surface area contributed by atoms with Crippen LogP contribution in [0.5, 0.6) is 0 Å². The van der Waals surface area contributed by atoms with Crippen LogP contribution in [-0.2, 0) is 11.3 Å². The molecule has 2 rings (SSSR count). The molecular formula is C14H18N2O4. The molecule has 1 aromatic carbocycles. The second kappa shape index (κ2) is 6.38. The molecule has 1 aromatic rings. The Labute approximate surface area is 117 Å². The number of methoxy groups -OCH3 is 1. The second-order valence-corrected chi connectivity index (χ2v) is 4.86. The van der Waals surface area contributed by atoms with Gasteiger partial charge in [-0.05, 0) is 30.5 Å². The van der Waals surface area contributed by atoms with Crippen molar-refractivity contribution in [2.45, 2.75) is 31.5 Å². The highest BCUT2D eigenvalue weighted by Crippen LogP contribution is 2.22. The van der Waals surface area contributed by atoms with Gasteiger partial charge in [0.2, 0.25) is 0 Å². The number of hydrogen-bond acceptors (Lipinski definition) is 3. The smallest absolute Gasteiger partial charge is 0.335 e. The molecule has 0 bridgehead atoms. The molecular weight excluding hydrogens is 260 g/mol. The first kappa shape index (κ1) is 14.3. The van der Waals surface area contributed by atoms with Crippen molar-refractivity contribution in [3.05, 3.63) is 35.4 Å². The van der Waals surface area contributed by atoms with Crippen molar-refractivity contribution in [1.29, 1.82) is 0 Å². The Morgan fingerprint density at radius 1 is 1.40 bits per heavy atom. The summed E-state index contributed by atoms with van der Waals surface area (Å²) in [7, 11) is 1.66. The van der Waals surface area contributed by atoms with E-state index in [-0.39, 0.29) is 23.7 Å². The van der Waals surface area contributed by atoms with Crippen LogP contribution in [-0.4, -0.2) is 36.4 Å². The predicted octanol–water partition coefficient (Wildman–Crippen LogP) is 1.36. The van der Waals surface area contributed by atoms with Gasteiger partial charge in [-0.15, -0.1) is 0 Å². The number of rotatable bonds is 5. The normalized spacial score (nSPS) is 20.9. The highest BCUT2D eigenvalue weighted by Gasteiger charge is 2.29. The molecule has 1 aliphatic carbocycles. The van der Waals surface area contributed by atoms with Crippen molar-refractivity contribution in [3.8, 4) is 0 Å².